The summed E-state index contributed by atoms with van der Waals surface area (Å²) in [7, 11) is -3.78. The molecule has 0 fully saturated rings. The molecule has 1 rings (SSSR count). The van der Waals surface area contributed by atoms with Crippen LogP contribution in [-0.4, -0.2) is 30.8 Å². The van der Waals surface area contributed by atoms with Crippen molar-refractivity contribution in [1.29, 1.82) is 0 Å². The van der Waals surface area contributed by atoms with Gasteiger partial charge < -0.3 is 14.6 Å². The lowest BCUT2D eigenvalue weighted by molar-refractivity contribution is 0.229. The molecule has 0 aliphatic carbocycles. The molecule has 1 aromatic rings. The molecule has 1 aromatic heterocycles. The van der Waals surface area contributed by atoms with Gasteiger partial charge in [0.1, 0.15) is 12.4 Å². The first-order valence-electron chi connectivity index (χ1n) is 5.71. The fourth-order valence-corrected chi connectivity index (χ4v) is 2.97. The van der Waals surface area contributed by atoms with Crippen molar-refractivity contribution in [3.8, 4) is 0 Å². The zero-order valence-electron chi connectivity index (χ0n) is 10.5. The number of nitrogens with one attached hydrogen (secondary N) is 1. The minimum absolute atomic E-state index is 0.104. The van der Waals surface area contributed by atoms with Gasteiger partial charge in [-0.1, -0.05) is 6.92 Å². The van der Waals surface area contributed by atoms with E-state index in [1.165, 1.54) is 12.1 Å². The van der Waals surface area contributed by atoms with Crippen molar-refractivity contribution in [2.75, 3.05) is 6.61 Å². The smallest absolute Gasteiger partial charge is 0.274 e. The Kier molecular flexibility index (Phi) is 4.92. The van der Waals surface area contributed by atoms with Crippen molar-refractivity contribution in [2.24, 2.45) is 0 Å². The Morgan fingerprint density at radius 1 is 1.39 bits per heavy atom. The summed E-state index contributed by atoms with van der Waals surface area (Å²) in [6.45, 7) is 3.10. The van der Waals surface area contributed by atoms with Crippen LogP contribution >= 0.6 is 0 Å². The Morgan fingerprint density at radius 2 is 2.06 bits per heavy atom. The van der Waals surface area contributed by atoms with Crippen molar-refractivity contribution in [2.45, 2.75) is 43.9 Å². The average Bonchev–Trinajstić information content (AvgIpc) is 2.78. The summed E-state index contributed by atoms with van der Waals surface area (Å²) in [5.74, 6) is 0.190. The third-order valence-corrected chi connectivity index (χ3v) is 4.39. The van der Waals surface area contributed by atoms with E-state index in [-0.39, 0.29) is 24.1 Å². The molecule has 0 spiro atoms. The van der Waals surface area contributed by atoms with E-state index in [0.717, 1.165) is 0 Å². The Labute approximate surface area is 107 Å². The van der Waals surface area contributed by atoms with Crippen LogP contribution in [0.3, 0.4) is 0 Å². The topological polar surface area (TPSA) is 99.8 Å². The van der Waals surface area contributed by atoms with Gasteiger partial charge in [0.05, 0.1) is 0 Å². The second-order valence-corrected chi connectivity index (χ2v) is 5.99. The first-order chi connectivity index (χ1) is 8.37. The van der Waals surface area contributed by atoms with E-state index in [2.05, 4.69) is 4.72 Å². The highest BCUT2D eigenvalue weighted by Crippen LogP contribution is 2.20. The number of aliphatic hydroxyl groups excluding tert-OH is 2. The second kappa shape index (κ2) is 5.83. The fourth-order valence-electron chi connectivity index (χ4n) is 1.51. The maximum Gasteiger partial charge on any atom is 0.274 e. The number of hydrogen-bond donors (Lipinski definition) is 3. The molecule has 3 N–H and O–H groups in total. The van der Waals surface area contributed by atoms with Crippen LogP contribution in [0.5, 0.6) is 0 Å². The molecule has 0 amide bonds. The van der Waals surface area contributed by atoms with Crippen LogP contribution in [0, 0.1) is 0 Å². The number of hydrogen-bond acceptors (Lipinski definition) is 5. The van der Waals surface area contributed by atoms with E-state index in [9.17, 15) is 8.42 Å². The fraction of sp³-hybridized carbons (Fsp3) is 0.636. The van der Waals surface area contributed by atoms with Gasteiger partial charge >= 0.3 is 0 Å². The standard InChI is InChI=1S/C11H19NO5S/c1-3-11(2,6-7-13)12-18(15,16)10-5-4-9(8-14)17-10/h4-5,12-14H,3,6-8H2,1-2H3. The van der Waals surface area contributed by atoms with Crippen molar-refractivity contribution in [3.05, 3.63) is 17.9 Å². The maximum atomic E-state index is 12.0. The highest BCUT2D eigenvalue weighted by atomic mass is 32.2. The minimum atomic E-state index is -3.78. The van der Waals surface area contributed by atoms with E-state index >= 15 is 0 Å². The summed E-state index contributed by atoms with van der Waals surface area (Å²) in [5.41, 5.74) is -0.722. The third-order valence-electron chi connectivity index (χ3n) is 2.88. The van der Waals surface area contributed by atoms with Gasteiger partial charge in [-0.05, 0) is 31.9 Å². The summed E-state index contributed by atoms with van der Waals surface area (Å²) in [6.07, 6.45) is 0.858. The average molecular weight is 277 g/mol. The molecule has 0 saturated heterocycles. The number of sulfonamides is 1. The zero-order chi connectivity index (χ0) is 13.8. The van der Waals surface area contributed by atoms with E-state index < -0.39 is 15.6 Å². The molecule has 1 atom stereocenters. The highest BCUT2D eigenvalue weighted by molar-refractivity contribution is 7.89. The molecule has 6 nitrogen and oxygen atoms in total. The minimum Gasteiger partial charge on any atom is -0.446 e. The molecule has 0 aromatic carbocycles. The van der Waals surface area contributed by atoms with Crippen LogP contribution in [0.15, 0.2) is 21.6 Å². The molecule has 1 unspecified atom stereocenters. The molecule has 104 valence electrons. The molecular formula is C11H19NO5S. The van der Waals surface area contributed by atoms with Gasteiger partial charge in [0, 0.05) is 12.1 Å². The normalized spacial score (nSPS) is 15.6. The van der Waals surface area contributed by atoms with Crippen molar-refractivity contribution < 1.29 is 23.0 Å². The first-order valence-corrected chi connectivity index (χ1v) is 7.19. The molecule has 1 heterocycles. The number of aliphatic hydroxyl groups is 2. The monoisotopic (exact) mass is 277 g/mol. The van der Waals surface area contributed by atoms with Gasteiger partial charge in [0.2, 0.25) is 5.09 Å². The first kappa shape index (κ1) is 15.2. The second-order valence-electron chi connectivity index (χ2n) is 4.37. The van der Waals surface area contributed by atoms with E-state index in [1.807, 2.05) is 6.92 Å². The van der Waals surface area contributed by atoms with Crippen LogP contribution in [-0.2, 0) is 16.6 Å². The lowest BCUT2D eigenvalue weighted by Gasteiger charge is -2.27. The number of rotatable bonds is 7. The molecule has 0 aliphatic rings. The van der Waals surface area contributed by atoms with Crippen LogP contribution in [0.1, 0.15) is 32.4 Å². The van der Waals surface area contributed by atoms with Crippen LogP contribution in [0.2, 0.25) is 0 Å². The molecule has 0 aliphatic heterocycles. The van der Waals surface area contributed by atoms with Gasteiger partial charge in [-0.3, -0.25) is 0 Å². The zero-order valence-corrected chi connectivity index (χ0v) is 11.3. The number of furan rings is 1. The summed E-state index contributed by atoms with van der Waals surface area (Å²) in [6, 6.07) is 2.70. The summed E-state index contributed by atoms with van der Waals surface area (Å²) in [5, 5.41) is 17.6. The lowest BCUT2D eigenvalue weighted by atomic mass is 9.97. The van der Waals surface area contributed by atoms with Gasteiger partial charge in [-0.25, -0.2) is 13.1 Å². The van der Waals surface area contributed by atoms with E-state index in [0.29, 0.717) is 12.8 Å². The summed E-state index contributed by atoms with van der Waals surface area (Å²) in [4.78, 5) is 0. The third kappa shape index (κ3) is 3.55. The van der Waals surface area contributed by atoms with Gasteiger partial charge in [-0.2, -0.15) is 0 Å². The predicted molar refractivity (Wildman–Crippen MR) is 65.4 cm³/mol. The van der Waals surface area contributed by atoms with Crippen LogP contribution in [0.4, 0.5) is 0 Å². The molecule has 0 radical (unpaired) electrons. The van der Waals surface area contributed by atoms with Crippen molar-refractivity contribution >= 4 is 10.0 Å². The molecule has 18 heavy (non-hydrogen) atoms. The molecule has 0 bridgehead atoms. The lowest BCUT2D eigenvalue weighted by Crippen LogP contribution is -2.45. The summed E-state index contributed by atoms with van der Waals surface area (Å²) < 4.78 is 31.6. The highest BCUT2D eigenvalue weighted by Gasteiger charge is 2.30. The van der Waals surface area contributed by atoms with Gasteiger partial charge in [0.25, 0.3) is 10.0 Å². The van der Waals surface area contributed by atoms with Crippen LogP contribution < -0.4 is 4.72 Å². The Hall–Kier alpha value is -0.890. The van der Waals surface area contributed by atoms with Gasteiger partial charge in [0.15, 0.2) is 0 Å². The van der Waals surface area contributed by atoms with E-state index in [4.69, 9.17) is 14.6 Å². The SMILES string of the molecule is CCC(C)(CCO)NS(=O)(=O)c1ccc(CO)o1. The van der Waals surface area contributed by atoms with Crippen molar-refractivity contribution in [1.82, 2.24) is 4.72 Å². The Balaban J connectivity index is 2.93. The quantitative estimate of drug-likeness (QED) is 0.677. The summed E-state index contributed by atoms with van der Waals surface area (Å²) >= 11 is 0. The molecular weight excluding hydrogens is 258 g/mol. The van der Waals surface area contributed by atoms with Crippen molar-refractivity contribution in [3.63, 3.8) is 0 Å². The molecule has 7 heteroatoms. The van der Waals surface area contributed by atoms with E-state index in [1.54, 1.807) is 6.92 Å². The van der Waals surface area contributed by atoms with Crippen LogP contribution in [0.25, 0.3) is 0 Å². The Bertz CT molecular complexity index is 481. The molecule has 0 saturated carbocycles. The van der Waals surface area contributed by atoms with Gasteiger partial charge in [-0.15, -0.1) is 0 Å². The predicted octanol–water partition coefficient (Wildman–Crippen LogP) is 0.601. The Morgan fingerprint density at radius 3 is 2.50 bits per heavy atom. The largest absolute Gasteiger partial charge is 0.446 e. The maximum absolute atomic E-state index is 12.0.